The van der Waals surface area contributed by atoms with Gasteiger partial charge in [0.1, 0.15) is 11.6 Å². The Morgan fingerprint density at radius 2 is 2.00 bits per heavy atom. The number of esters is 1. The van der Waals surface area contributed by atoms with Crippen LogP contribution in [-0.4, -0.2) is 35.4 Å². The Balaban J connectivity index is 1.87. The maximum atomic E-state index is 13.8. The molecule has 1 aromatic heterocycles. The number of pyridine rings is 1. The van der Waals surface area contributed by atoms with Crippen LogP contribution in [0.1, 0.15) is 31.8 Å². The van der Waals surface area contributed by atoms with E-state index in [2.05, 4.69) is 4.98 Å². The molecule has 0 radical (unpaired) electrons. The van der Waals surface area contributed by atoms with Gasteiger partial charge >= 0.3 is 5.97 Å². The van der Waals surface area contributed by atoms with Crippen molar-refractivity contribution in [3.63, 3.8) is 0 Å². The summed E-state index contributed by atoms with van der Waals surface area (Å²) in [6, 6.07) is 2.86. The molecule has 0 aliphatic carbocycles. The molecule has 0 fully saturated rings. The Morgan fingerprint density at radius 3 is 2.71 bits per heavy atom. The van der Waals surface area contributed by atoms with Crippen molar-refractivity contribution in [1.29, 1.82) is 0 Å². The van der Waals surface area contributed by atoms with Crippen LogP contribution in [0, 0.1) is 11.6 Å². The van der Waals surface area contributed by atoms with Crippen LogP contribution in [0.5, 0.6) is 0 Å². The monoisotopic (exact) mass is 332 g/mol. The molecule has 0 spiro atoms. The quantitative estimate of drug-likeness (QED) is 0.792. The highest BCUT2D eigenvalue weighted by Crippen LogP contribution is 2.24. The molecular weight excluding hydrogens is 318 g/mol. The van der Waals surface area contributed by atoms with Crippen molar-refractivity contribution in [1.82, 2.24) is 9.88 Å². The third-order valence-electron chi connectivity index (χ3n) is 3.99. The summed E-state index contributed by atoms with van der Waals surface area (Å²) in [7, 11) is 1.29. The van der Waals surface area contributed by atoms with Crippen molar-refractivity contribution < 1.29 is 23.1 Å². The molecule has 124 valence electrons. The van der Waals surface area contributed by atoms with Gasteiger partial charge in [-0.15, -0.1) is 0 Å². The normalized spacial score (nSPS) is 13.4. The van der Waals surface area contributed by atoms with Crippen LogP contribution in [0.15, 0.2) is 30.6 Å². The van der Waals surface area contributed by atoms with Gasteiger partial charge in [-0.1, -0.05) is 0 Å². The molecule has 24 heavy (non-hydrogen) atoms. The predicted molar refractivity (Wildman–Crippen MR) is 80.4 cm³/mol. The van der Waals surface area contributed by atoms with Crippen molar-refractivity contribution in [2.45, 2.75) is 13.0 Å². The standard InChI is InChI=1S/C17H14F2N2O3/c1-24-17(23)14-8-20-7-10-9-21(5-4-12(10)14)16(22)13-3-2-11(18)6-15(13)19/h2-3,6-8H,4-5,9H2,1H3. The van der Waals surface area contributed by atoms with Gasteiger partial charge in [0.15, 0.2) is 0 Å². The van der Waals surface area contributed by atoms with Gasteiger partial charge in [-0.05, 0) is 29.7 Å². The van der Waals surface area contributed by atoms with Crippen molar-refractivity contribution in [2.75, 3.05) is 13.7 Å². The van der Waals surface area contributed by atoms with E-state index in [0.29, 0.717) is 30.2 Å². The molecule has 3 rings (SSSR count). The number of hydrogen-bond acceptors (Lipinski definition) is 4. The van der Waals surface area contributed by atoms with E-state index in [1.165, 1.54) is 18.2 Å². The molecule has 0 saturated heterocycles. The Bertz CT molecular complexity index is 823. The molecule has 0 bridgehead atoms. The Kier molecular flexibility index (Phi) is 4.24. The summed E-state index contributed by atoms with van der Waals surface area (Å²) >= 11 is 0. The van der Waals surface area contributed by atoms with Crippen molar-refractivity contribution in [3.05, 3.63) is 64.5 Å². The fourth-order valence-electron chi connectivity index (χ4n) is 2.79. The van der Waals surface area contributed by atoms with Gasteiger partial charge in [-0.25, -0.2) is 13.6 Å². The fourth-order valence-corrected chi connectivity index (χ4v) is 2.79. The second-order valence-corrected chi connectivity index (χ2v) is 5.42. The summed E-state index contributed by atoms with van der Waals surface area (Å²) in [4.78, 5) is 29.7. The van der Waals surface area contributed by atoms with Gasteiger partial charge in [0.25, 0.3) is 5.91 Å². The van der Waals surface area contributed by atoms with Crippen LogP contribution >= 0.6 is 0 Å². The number of nitrogens with zero attached hydrogens (tertiary/aromatic N) is 2. The number of hydrogen-bond donors (Lipinski definition) is 0. The summed E-state index contributed by atoms with van der Waals surface area (Å²) in [5, 5.41) is 0. The van der Waals surface area contributed by atoms with Crippen LogP contribution in [0.3, 0.4) is 0 Å². The van der Waals surface area contributed by atoms with Crippen molar-refractivity contribution >= 4 is 11.9 Å². The van der Waals surface area contributed by atoms with Crippen LogP contribution in [0.2, 0.25) is 0 Å². The van der Waals surface area contributed by atoms with Crippen LogP contribution in [0.25, 0.3) is 0 Å². The first-order valence-electron chi connectivity index (χ1n) is 7.29. The number of rotatable bonds is 2. The lowest BCUT2D eigenvalue weighted by molar-refractivity contribution is 0.0598. The molecule has 0 N–H and O–H groups in total. The molecule has 7 heteroatoms. The van der Waals surface area contributed by atoms with Gasteiger partial charge in [0.2, 0.25) is 0 Å². The largest absolute Gasteiger partial charge is 0.465 e. The first-order valence-corrected chi connectivity index (χ1v) is 7.29. The van der Waals surface area contributed by atoms with Gasteiger partial charge in [0.05, 0.1) is 18.2 Å². The number of aromatic nitrogens is 1. The van der Waals surface area contributed by atoms with E-state index in [0.717, 1.165) is 17.7 Å². The highest BCUT2D eigenvalue weighted by molar-refractivity contribution is 5.95. The predicted octanol–water partition coefficient (Wildman–Crippen LogP) is 2.34. The zero-order chi connectivity index (χ0) is 17.3. The minimum atomic E-state index is -0.896. The van der Waals surface area contributed by atoms with E-state index in [-0.39, 0.29) is 12.1 Å². The summed E-state index contributed by atoms with van der Waals surface area (Å²) < 4.78 is 31.5. The van der Waals surface area contributed by atoms with E-state index in [1.54, 1.807) is 6.20 Å². The van der Waals surface area contributed by atoms with Gasteiger partial charge < -0.3 is 9.64 Å². The topological polar surface area (TPSA) is 59.5 Å². The summed E-state index contributed by atoms with van der Waals surface area (Å²) in [5.74, 6) is -2.64. The molecule has 2 aromatic rings. The number of carbonyl (C=O) groups is 2. The number of methoxy groups -OCH3 is 1. The SMILES string of the molecule is COC(=O)c1cncc2c1CCN(C(=O)c1ccc(F)cc1F)C2. The number of amides is 1. The average Bonchev–Trinajstić information content (AvgIpc) is 2.59. The fraction of sp³-hybridized carbons (Fsp3) is 0.235. The maximum Gasteiger partial charge on any atom is 0.339 e. The zero-order valence-corrected chi connectivity index (χ0v) is 12.9. The minimum absolute atomic E-state index is 0.183. The molecule has 1 aliphatic rings. The van der Waals surface area contributed by atoms with Crippen molar-refractivity contribution in [3.8, 4) is 0 Å². The maximum absolute atomic E-state index is 13.8. The van der Waals surface area contributed by atoms with Crippen LogP contribution < -0.4 is 0 Å². The summed E-state index contributed by atoms with van der Waals surface area (Å²) in [5.41, 5.74) is 1.67. The minimum Gasteiger partial charge on any atom is -0.465 e. The number of halogens is 2. The lowest BCUT2D eigenvalue weighted by Gasteiger charge is -2.29. The number of benzene rings is 1. The molecule has 0 unspecified atom stereocenters. The molecule has 1 amide bonds. The molecule has 1 aliphatic heterocycles. The highest BCUT2D eigenvalue weighted by Gasteiger charge is 2.27. The molecule has 2 heterocycles. The smallest absolute Gasteiger partial charge is 0.339 e. The Labute approximate surface area is 136 Å². The molecule has 0 atom stereocenters. The molecule has 0 saturated carbocycles. The zero-order valence-electron chi connectivity index (χ0n) is 12.9. The van der Waals surface area contributed by atoms with E-state index in [9.17, 15) is 18.4 Å². The summed E-state index contributed by atoms with van der Waals surface area (Å²) in [6.45, 7) is 0.513. The first-order chi connectivity index (χ1) is 11.5. The van der Waals surface area contributed by atoms with E-state index in [1.807, 2.05) is 0 Å². The average molecular weight is 332 g/mol. The number of fused-ring (bicyclic) bond motifs is 1. The van der Waals surface area contributed by atoms with Gasteiger partial charge in [-0.3, -0.25) is 9.78 Å². The molecule has 1 aromatic carbocycles. The Morgan fingerprint density at radius 1 is 1.21 bits per heavy atom. The highest BCUT2D eigenvalue weighted by atomic mass is 19.1. The van der Waals surface area contributed by atoms with Gasteiger partial charge in [0, 0.05) is 31.5 Å². The van der Waals surface area contributed by atoms with Gasteiger partial charge in [-0.2, -0.15) is 0 Å². The molecular formula is C17H14F2N2O3. The van der Waals surface area contributed by atoms with E-state index < -0.39 is 23.5 Å². The first kappa shape index (κ1) is 16.0. The van der Waals surface area contributed by atoms with Crippen molar-refractivity contribution in [2.24, 2.45) is 0 Å². The Hall–Kier alpha value is -2.83. The molecule has 5 nitrogen and oxygen atoms in total. The number of ether oxygens (including phenoxy) is 1. The van der Waals surface area contributed by atoms with Crippen LogP contribution in [0.4, 0.5) is 8.78 Å². The third kappa shape index (κ3) is 2.84. The van der Waals surface area contributed by atoms with E-state index in [4.69, 9.17) is 4.74 Å². The van der Waals surface area contributed by atoms with E-state index >= 15 is 0 Å². The lowest BCUT2D eigenvalue weighted by Crippen LogP contribution is -2.37. The second-order valence-electron chi connectivity index (χ2n) is 5.42. The lowest BCUT2D eigenvalue weighted by atomic mass is 9.96. The van der Waals surface area contributed by atoms with Crippen LogP contribution in [-0.2, 0) is 17.7 Å². The third-order valence-corrected chi connectivity index (χ3v) is 3.99. The number of carbonyl (C=O) groups excluding carboxylic acids is 2. The summed E-state index contributed by atoms with van der Waals surface area (Å²) in [6.07, 6.45) is 3.43. The second kappa shape index (κ2) is 6.35.